The van der Waals surface area contributed by atoms with Crippen LogP contribution in [0.4, 0.5) is 9.18 Å². The topological polar surface area (TPSA) is 63.5 Å². The number of ether oxygens (including phenoxy) is 1. The van der Waals surface area contributed by atoms with E-state index in [0.717, 1.165) is 31.6 Å². The highest BCUT2D eigenvalue weighted by Gasteiger charge is 2.29. The Kier molecular flexibility index (Phi) is 4.73. The Labute approximate surface area is 151 Å². The number of pyridine rings is 1. The number of hydrogen-bond acceptors (Lipinski definition) is 4. The van der Waals surface area contributed by atoms with Crippen molar-refractivity contribution in [1.29, 1.82) is 0 Å². The molecule has 0 N–H and O–H groups in total. The summed E-state index contributed by atoms with van der Waals surface area (Å²) >= 11 is 0. The van der Waals surface area contributed by atoms with Crippen molar-refractivity contribution in [1.82, 2.24) is 24.3 Å². The summed E-state index contributed by atoms with van der Waals surface area (Å²) in [5, 5.41) is 0. The van der Waals surface area contributed by atoms with E-state index in [4.69, 9.17) is 4.74 Å². The van der Waals surface area contributed by atoms with Crippen molar-refractivity contribution in [3.8, 4) is 5.88 Å². The van der Waals surface area contributed by atoms with Crippen LogP contribution < -0.4 is 4.74 Å². The number of rotatable bonds is 3. The van der Waals surface area contributed by atoms with Crippen molar-refractivity contribution in [2.45, 2.75) is 25.9 Å². The summed E-state index contributed by atoms with van der Waals surface area (Å²) in [4.78, 5) is 24.8. The highest BCUT2D eigenvalue weighted by atomic mass is 19.1. The average molecular weight is 359 g/mol. The Morgan fingerprint density at radius 2 is 2.12 bits per heavy atom. The van der Waals surface area contributed by atoms with Crippen molar-refractivity contribution in [2.75, 3.05) is 26.2 Å². The van der Waals surface area contributed by atoms with E-state index in [-0.39, 0.29) is 24.4 Å². The van der Waals surface area contributed by atoms with Crippen LogP contribution in [0.15, 0.2) is 30.9 Å². The summed E-state index contributed by atoms with van der Waals surface area (Å²) in [6.45, 7) is 3.68. The van der Waals surface area contributed by atoms with E-state index in [0.29, 0.717) is 19.6 Å². The van der Waals surface area contributed by atoms with Gasteiger partial charge in [-0.25, -0.2) is 19.2 Å². The van der Waals surface area contributed by atoms with Crippen molar-refractivity contribution in [3.63, 3.8) is 0 Å². The number of hydrogen-bond donors (Lipinski definition) is 0. The van der Waals surface area contributed by atoms with Gasteiger partial charge < -0.3 is 19.1 Å². The molecule has 138 valence electrons. The monoisotopic (exact) mass is 359 g/mol. The van der Waals surface area contributed by atoms with Crippen molar-refractivity contribution < 1.29 is 13.9 Å². The molecule has 1 saturated heterocycles. The first kappa shape index (κ1) is 16.8. The fourth-order valence-corrected chi connectivity index (χ4v) is 3.59. The van der Waals surface area contributed by atoms with Gasteiger partial charge in [0.15, 0.2) is 5.82 Å². The molecule has 0 bridgehead atoms. The maximum absolute atomic E-state index is 13.7. The standard InChI is InChI=1S/C18H22FN5O2/c19-16-4-3-5-21-17(16)26-12-14-9-23(18(25)22-6-1-2-7-22)11-15-8-20-13-24(15)10-14/h3-5,8,13-14H,1-2,6-7,9-12H2. The largest absolute Gasteiger partial charge is 0.475 e. The first-order valence-electron chi connectivity index (χ1n) is 8.97. The lowest BCUT2D eigenvalue weighted by molar-refractivity contribution is 0.138. The Morgan fingerprint density at radius 3 is 2.92 bits per heavy atom. The van der Waals surface area contributed by atoms with Crippen molar-refractivity contribution >= 4 is 6.03 Å². The number of nitrogens with zero attached hydrogens (tertiary/aromatic N) is 5. The second kappa shape index (κ2) is 7.31. The first-order valence-corrected chi connectivity index (χ1v) is 8.97. The number of likely N-dealkylation sites (tertiary alicyclic amines) is 1. The number of imidazole rings is 1. The van der Waals surface area contributed by atoms with Crippen LogP contribution in [0.3, 0.4) is 0 Å². The fourth-order valence-electron chi connectivity index (χ4n) is 3.59. The smallest absolute Gasteiger partial charge is 0.320 e. The number of urea groups is 1. The van der Waals surface area contributed by atoms with Crippen LogP contribution in [0.1, 0.15) is 18.5 Å². The zero-order valence-corrected chi connectivity index (χ0v) is 14.6. The van der Waals surface area contributed by atoms with Gasteiger partial charge >= 0.3 is 6.03 Å². The van der Waals surface area contributed by atoms with Crippen molar-refractivity contribution in [3.05, 3.63) is 42.4 Å². The Balaban J connectivity index is 1.49. The summed E-state index contributed by atoms with van der Waals surface area (Å²) in [5.41, 5.74) is 1.00. The lowest BCUT2D eigenvalue weighted by Crippen LogP contribution is -2.43. The number of amides is 2. The van der Waals surface area contributed by atoms with Gasteiger partial charge in [0, 0.05) is 44.5 Å². The SMILES string of the molecule is O=C(N1CCCC1)N1Cc2cncn2CC(COc2ncccc2F)C1. The molecule has 1 atom stereocenters. The van der Waals surface area contributed by atoms with E-state index in [1.807, 2.05) is 14.4 Å². The molecule has 1 fully saturated rings. The number of fused-ring (bicyclic) bond motifs is 1. The van der Waals surface area contributed by atoms with Gasteiger partial charge in [0.05, 0.1) is 25.2 Å². The minimum Gasteiger partial charge on any atom is -0.475 e. The molecule has 2 aliphatic heterocycles. The molecule has 0 radical (unpaired) electrons. The molecule has 1 unspecified atom stereocenters. The predicted molar refractivity (Wildman–Crippen MR) is 92.0 cm³/mol. The molecule has 0 aliphatic carbocycles. The van der Waals surface area contributed by atoms with E-state index in [1.54, 1.807) is 12.5 Å². The van der Waals surface area contributed by atoms with Crippen LogP contribution in [-0.4, -0.2) is 56.6 Å². The maximum atomic E-state index is 13.7. The zero-order chi connectivity index (χ0) is 17.9. The summed E-state index contributed by atoms with van der Waals surface area (Å²) in [7, 11) is 0. The van der Waals surface area contributed by atoms with Crippen LogP contribution in [0.5, 0.6) is 5.88 Å². The third kappa shape index (κ3) is 3.49. The molecule has 2 aromatic heterocycles. The summed E-state index contributed by atoms with van der Waals surface area (Å²) in [6.07, 6.45) is 7.19. The Bertz CT molecular complexity index is 774. The lowest BCUT2D eigenvalue weighted by Gasteiger charge is -2.28. The van der Waals surface area contributed by atoms with Crippen LogP contribution in [0.25, 0.3) is 0 Å². The molecular formula is C18H22FN5O2. The molecule has 4 rings (SSSR count). The van der Waals surface area contributed by atoms with E-state index in [2.05, 4.69) is 9.97 Å². The van der Waals surface area contributed by atoms with Gasteiger partial charge in [-0.15, -0.1) is 0 Å². The van der Waals surface area contributed by atoms with E-state index in [9.17, 15) is 9.18 Å². The normalized spacial score (nSPS) is 20.0. The Morgan fingerprint density at radius 1 is 1.27 bits per heavy atom. The highest BCUT2D eigenvalue weighted by molar-refractivity contribution is 5.74. The molecule has 7 nitrogen and oxygen atoms in total. The summed E-state index contributed by atoms with van der Waals surface area (Å²) in [6, 6.07) is 2.92. The molecule has 8 heteroatoms. The number of carbonyl (C=O) groups excluding carboxylic acids is 1. The van der Waals surface area contributed by atoms with Crippen LogP contribution >= 0.6 is 0 Å². The number of halogens is 1. The molecular weight excluding hydrogens is 337 g/mol. The van der Waals surface area contributed by atoms with Gasteiger partial charge in [-0.05, 0) is 25.0 Å². The molecule has 0 aromatic carbocycles. The number of aromatic nitrogens is 3. The fraction of sp³-hybridized carbons (Fsp3) is 0.500. The lowest BCUT2D eigenvalue weighted by atomic mass is 10.1. The summed E-state index contributed by atoms with van der Waals surface area (Å²) in [5.74, 6) is -0.451. The Hall–Kier alpha value is -2.64. The van der Waals surface area contributed by atoms with Gasteiger partial charge in [-0.3, -0.25) is 0 Å². The second-order valence-electron chi connectivity index (χ2n) is 6.86. The third-order valence-electron chi connectivity index (χ3n) is 4.91. The maximum Gasteiger partial charge on any atom is 0.320 e. The number of carbonyl (C=O) groups is 1. The third-order valence-corrected chi connectivity index (χ3v) is 4.91. The van der Waals surface area contributed by atoms with Gasteiger partial charge in [-0.1, -0.05) is 0 Å². The molecule has 4 heterocycles. The van der Waals surface area contributed by atoms with E-state index in [1.165, 1.54) is 18.3 Å². The zero-order valence-electron chi connectivity index (χ0n) is 14.6. The van der Waals surface area contributed by atoms with Crippen LogP contribution in [-0.2, 0) is 13.1 Å². The van der Waals surface area contributed by atoms with Crippen LogP contribution in [0.2, 0.25) is 0 Å². The van der Waals surface area contributed by atoms with Crippen molar-refractivity contribution in [2.24, 2.45) is 5.92 Å². The summed E-state index contributed by atoms with van der Waals surface area (Å²) < 4.78 is 21.4. The predicted octanol–water partition coefficient (Wildman–Crippen LogP) is 2.14. The quantitative estimate of drug-likeness (QED) is 0.842. The molecule has 0 spiro atoms. The van der Waals surface area contributed by atoms with Gasteiger partial charge in [0.2, 0.25) is 5.88 Å². The van der Waals surface area contributed by atoms with Gasteiger partial charge in [0.25, 0.3) is 0 Å². The molecule has 2 aromatic rings. The highest BCUT2D eigenvalue weighted by Crippen LogP contribution is 2.21. The molecule has 2 aliphatic rings. The molecule has 0 saturated carbocycles. The van der Waals surface area contributed by atoms with Crippen LogP contribution in [0, 0.1) is 11.7 Å². The minimum atomic E-state index is -0.477. The molecule has 2 amide bonds. The van der Waals surface area contributed by atoms with E-state index >= 15 is 0 Å². The van der Waals surface area contributed by atoms with Gasteiger partial charge in [-0.2, -0.15) is 0 Å². The second-order valence-corrected chi connectivity index (χ2v) is 6.86. The minimum absolute atomic E-state index is 0.0000194. The molecule has 26 heavy (non-hydrogen) atoms. The average Bonchev–Trinajstić information content (AvgIpc) is 3.29. The van der Waals surface area contributed by atoms with E-state index < -0.39 is 5.82 Å². The first-order chi connectivity index (χ1) is 12.7. The van der Waals surface area contributed by atoms with Gasteiger partial charge in [0.1, 0.15) is 0 Å².